The summed E-state index contributed by atoms with van der Waals surface area (Å²) >= 11 is 11.9. The van der Waals surface area contributed by atoms with Crippen molar-refractivity contribution >= 4 is 46.8 Å². The van der Waals surface area contributed by atoms with Crippen LogP contribution in [0.25, 0.3) is 6.08 Å². The summed E-state index contributed by atoms with van der Waals surface area (Å²) in [5, 5.41) is 7.61. The number of anilines is 1. The Morgan fingerprint density at radius 1 is 1.31 bits per heavy atom. The number of amides is 1. The number of halogens is 2. The fraction of sp³-hybridized carbons (Fsp3) is 0.278. The molecule has 1 aromatic heterocycles. The summed E-state index contributed by atoms with van der Waals surface area (Å²) in [6.45, 7) is 5.22. The Balaban J connectivity index is 1.98. The number of hydrogen-bond donors (Lipinski definition) is 1. The highest BCUT2D eigenvalue weighted by Crippen LogP contribution is 2.25. The first-order chi connectivity index (χ1) is 12.2. The Kier molecular flexibility index (Phi) is 6.45. The number of hydrogen-bond acceptors (Lipinski definition) is 4. The van der Waals surface area contributed by atoms with Gasteiger partial charge in [0.05, 0.1) is 16.4 Å². The second kappa shape index (κ2) is 8.38. The molecule has 1 amide bonds. The van der Waals surface area contributed by atoms with Crippen molar-refractivity contribution in [3.63, 3.8) is 0 Å². The second-order valence-corrected chi connectivity index (χ2v) is 6.58. The van der Waals surface area contributed by atoms with Crippen molar-refractivity contribution in [3.8, 4) is 0 Å². The number of aromatic nitrogens is 2. The van der Waals surface area contributed by atoms with E-state index in [9.17, 15) is 9.59 Å². The zero-order chi connectivity index (χ0) is 19.4. The fourth-order valence-corrected chi connectivity index (χ4v) is 2.61. The predicted octanol–water partition coefficient (Wildman–Crippen LogP) is 3.93. The molecule has 8 heteroatoms. The van der Waals surface area contributed by atoms with Crippen LogP contribution in [0.3, 0.4) is 0 Å². The zero-order valence-corrected chi connectivity index (χ0v) is 16.4. The van der Waals surface area contributed by atoms with Crippen LogP contribution in [0.4, 0.5) is 5.69 Å². The molecule has 2 aromatic rings. The molecule has 26 heavy (non-hydrogen) atoms. The molecule has 2 rings (SSSR count). The third-order valence-electron chi connectivity index (χ3n) is 3.80. The van der Waals surface area contributed by atoms with Crippen molar-refractivity contribution in [3.05, 3.63) is 51.3 Å². The van der Waals surface area contributed by atoms with Gasteiger partial charge >= 0.3 is 5.97 Å². The molecule has 1 atom stereocenters. The van der Waals surface area contributed by atoms with E-state index < -0.39 is 18.0 Å². The molecule has 0 aliphatic carbocycles. The van der Waals surface area contributed by atoms with Crippen molar-refractivity contribution < 1.29 is 14.3 Å². The van der Waals surface area contributed by atoms with Crippen molar-refractivity contribution in [2.45, 2.75) is 26.9 Å². The van der Waals surface area contributed by atoms with Crippen LogP contribution in [-0.4, -0.2) is 27.8 Å². The topological polar surface area (TPSA) is 73.2 Å². The summed E-state index contributed by atoms with van der Waals surface area (Å²) in [5.41, 5.74) is 2.92. The number of aryl methyl sites for hydroxylation is 2. The lowest BCUT2D eigenvalue weighted by atomic mass is 10.2. The van der Waals surface area contributed by atoms with Crippen LogP contribution in [0.1, 0.15) is 23.9 Å². The average molecular weight is 396 g/mol. The van der Waals surface area contributed by atoms with E-state index in [1.807, 2.05) is 20.9 Å². The van der Waals surface area contributed by atoms with E-state index in [0.29, 0.717) is 15.7 Å². The number of benzene rings is 1. The molecule has 1 aromatic carbocycles. The molecule has 138 valence electrons. The summed E-state index contributed by atoms with van der Waals surface area (Å²) in [6, 6.07) is 4.69. The Hall–Kier alpha value is -2.31. The number of carbonyl (C=O) groups excluding carboxylic acids is 2. The van der Waals surface area contributed by atoms with E-state index in [2.05, 4.69) is 10.4 Å². The first kappa shape index (κ1) is 20.0. The van der Waals surface area contributed by atoms with Gasteiger partial charge in [-0.25, -0.2) is 4.79 Å². The highest BCUT2D eigenvalue weighted by atomic mass is 35.5. The van der Waals surface area contributed by atoms with E-state index in [1.165, 1.54) is 19.1 Å². The highest BCUT2D eigenvalue weighted by molar-refractivity contribution is 6.35. The number of nitrogens with zero attached hydrogens (tertiary/aromatic N) is 2. The predicted molar refractivity (Wildman–Crippen MR) is 102 cm³/mol. The summed E-state index contributed by atoms with van der Waals surface area (Å²) in [7, 11) is 1.82. The second-order valence-electron chi connectivity index (χ2n) is 5.73. The van der Waals surface area contributed by atoms with E-state index in [4.69, 9.17) is 27.9 Å². The highest BCUT2D eigenvalue weighted by Gasteiger charge is 2.18. The minimum atomic E-state index is -1.00. The molecule has 0 aliphatic rings. The van der Waals surface area contributed by atoms with Gasteiger partial charge in [-0.3, -0.25) is 9.48 Å². The molecule has 0 bridgehead atoms. The van der Waals surface area contributed by atoms with E-state index in [1.54, 1.807) is 22.9 Å². The maximum Gasteiger partial charge on any atom is 0.331 e. The molecule has 6 nitrogen and oxygen atoms in total. The Morgan fingerprint density at radius 2 is 2.00 bits per heavy atom. The molecule has 0 spiro atoms. The van der Waals surface area contributed by atoms with Gasteiger partial charge < -0.3 is 10.1 Å². The molecular formula is C18H19Cl2N3O3. The normalized spacial score (nSPS) is 12.2. The van der Waals surface area contributed by atoms with Gasteiger partial charge in [-0.1, -0.05) is 23.2 Å². The van der Waals surface area contributed by atoms with Gasteiger partial charge in [-0.05, 0) is 45.0 Å². The van der Waals surface area contributed by atoms with Crippen LogP contribution in [0.2, 0.25) is 10.0 Å². The number of esters is 1. The maximum absolute atomic E-state index is 12.2. The maximum atomic E-state index is 12.2. The first-order valence-corrected chi connectivity index (χ1v) is 8.59. The summed E-state index contributed by atoms with van der Waals surface area (Å²) in [4.78, 5) is 24.1. The van der Waals surface area contributed by atoms with Crippen molar-refractivity contribution in [2.75, 3.05) is 5.32 Å². The monoisotopic (exact) mass is 395 g/mol. The van der Waals surface area contributed by atoms with Crippen LogP contribution in [0.5, 0.6) is 0 Å². The summed E-state index contributed by atoms with van der Waals surface area (Å²) in [5.74, 6) is -1.14. The van der Waals surface area contributed by atoms with Crippen molar-refractivity contribution in [2.24, 2.45) is 7.05 Å². The van der Waals surface area contributed by atoms with Gasteiger partial charge in [-0.15, -0.1) is 0 Å². The quantitative estimate of drug-likeness (QED) is 0.614. The number of nitrogens with one attached hydrogen (secondary N) is 1. The first-order valence-electron chi connectivity index (χ1n) is 7.84. The van der Waals surface area contributed by atoms with Crippen molar-refractivity contribution in [1.29, 1.82) is 0 Å². The van der Waals surface area contributed by atoms with Gasteiger partial charge in [0.1, 0.15) is 0 Å². The van der Waals surface area contributed by atoms with Gasteiger partial charge in [0, 0.05) is 29.4 Å². The van der Waals surface area contributed by atoms with Crippen LogP contribution in [0.15, 0.2) is 24.3 Å². The SMILES string of the molecule is Cc1nn(C)c(C)c1/C=C/C(=O)O[C@@H](C)C(=O)Nc1cc(Cl)ccc1Cl. The van der Waals surface area contributed by atoms with Crippen molar-refractivity contribution in [1.82, 2.24) is 9.78 Å². The van der Waals surface area contributed by atoms with Gasteiger partial charge in [0.2, 0.25) is 0 Å². The Bertz CT molecular complexity index is 875. The van der Waals surface area contributed by atoms with Crippen LogP contribution in [0, 0.1) is 13.8 Å². The van der Waals surface area contributed by atoms with Gasteiger partial charge in [0.15, 0.2) is 6.10 Å². The Morgan fingerprint density at radius 3 is 2.62 bits per heavy atom. The molecule has 0 aliphatic heterocycles. The smallest absolute Gasteiger partial charge is 0.331 e. The lowest BCUT2D eigenvalue weighted by Gasteiger charge is -2.13. The standard InChI is InChI=1S/C18H19Cl2N3O3/c1-10-14(11(2)23(4)22-10)6-8-17(24)26-12(3)18(25)21-16-9-13(19)5-7-15(16)20/h5-9,12H,1-4H3,(H,21,25)/b8-6+/t12-/m0/s1. The van der Waals surface area contributed by atoms with Gasteiger partial charge in [-0.2, -0.15) is 5.10 Å². The lowest BCUT2D eigenvalue weighted by molar-refractivity contribution is -0.148. The van der Waals surface area contributed by atoms with Crippen LogP contribution < -0.4 is 5.32 Å². The number of rotatable bonds is 5. The summed E-state index contributed by atoms with van der Waals surface area (Å²) in [6.07, 6.45) is 1.89. The fourth-order valence-electron chi connectivity index (χ4n) is 2.28. The number of carbonyl (C=O) groups is 2. The molecular weight excluding hydrogens is 377 g/mol. The number of ether oxygens (including phenoxy) is 1. The molecule has 0 fully saturated rings. The summed E-state index contributed by atoms with van der Waals surface area (Å²) < 4.78 is 6.85. The largest absolute Gasteiger partial charge is 0.449 e. The van der Waals surface area contributed by atoms with E-state index >= 15 is 0 Å². The molecule has 0 unspecified atom stereocenters. The zero-order valence-electron chi connectivity index (χ0n) is 14.8. The minimum absolute atomic E-state index is 0.337. The Labute approximate surface area is 161 Å². The van der Waals surface area contributed by atoms with E-state index in [-0.39, 0.29) is 0 Å². The lowest BCUT2D eigenvalue weighted by Crippen LogP contribution is -2.29. The molecule has 0 saturated carbocycles. The third kappa shape index (κ3) is 4.86. The molecule has 0 radical (unpaired) electrons. The van der Waals surface area contributed by atoms with E-state index in [0.717, 1.165) is 17.0 Å². The van der Waals surface area contributed by atoms with Crippen LogP contribution in [-0.2, 0) is 21.4 Å². The molecule has 1 heterocycles. The molecule has 0 saturated heterocycles. The minimum Gasteiger partial charge on any atom is -0.449 e. The third-order valence-corrected chi connectivity index (χ3v) is 4.36. The van der Waals surface area contributed by atoms with Crippen LogP contribution >= 0.6 is 23.2 Å². The molecule has 1 N–H and O–H groups in total. The average Bonchev–Trinajstić information content (AvgIpc) is 2.81. The van der Waals surface area contributed by atoms with Gasteiger partial charge in [0.25, 0.3) is 5.91 Å².